The Morgan fingerprint density at radius 2 is 1.71 bits per heavy atom. The number of carbonyl (C=O) groups is 1. The Balaban J connectivity index is 1.65. The zero-order valence-electron chi connectivity index (χ0n) is 18.0. The molecule has 0 bridgehead atoms. The average molecular weight is 391 g/mol. The number of aliphatic hydroxyl groups is 1. The van der Waals surface area contributed by atoms with E-state index >= 15 is 0 Å². The largest absolute Gasteiger partial charge is 0.454 e. The first-order valence-corrected chi connectivity index (χ1v) is 10.3. The van der Waals surface area contributed by atoms with Gasteiger partial charge in [-0.3, -0.25) is 4.79 Å². The van der Waals surface area contributed by atoms with Crippen LogP contribution in [0.1, 0.15) is 60.8 Å². The number of ether oxygens (including phenoxy) is 3. The van der Waals surface area contributed by atoms with Gasteiger partial charge in [0, 0.05) is 6.07 Å². The second-order valence-electron chi connectivity index (χ2n) is 10.4. The number of hydrogen-bond acceptors (Lipinski definition) is 5. The lowest BCUT2D eigenvalue weighted by Gasteiger charge is -2.48. The van der Waals surface area contributed by atoms with Crippen molar-refractivity contribution in [2.75, 3.05) is 6.79 Å². The molecule has 0 radical (unpaired) electrons. The minimum Gasteiger partial charge on any atom is -0.454 e. The molecule has 3 atom stereocenters. The number of hydrogen-bond donors (Lipinski definition) is 1. The van der Waals surface area contributed by atoms with E-state index in [0.29, 0.717) is 41.9 Å². The van der Waals surface area contributed by atoms with Crippen molar-refractivity contribution in [3.05, 3.63) is 18.2 Å². The van der Waals surface area contributed by atoms with E-state index in [4.69, 9.17) is 14.2 Å². The Labute approximate surface area is 168 Å². The van der Waals surface area contributed by atoms with E-state index in [-0.39, 0.29) is 23.6 Å². The fraction of sp³-hybridized carbons (Fsp3) is 0.696. The molecule has 0 aromatic heterocycles. The van der Waals surface area contributed by atoms with Gasteiger partial charge in [-0.05, 0) is 54.1 Å². The third-order valence-corrected chi connectivity index (χ3v) is 6.06. The highest BCUT2D eigenvalue weighted by atomic mass is 16.7. The van der Waals surface area contributed by atoms with Gasteiger partial charge in [0.2, 0.25) is 6.79 Å². The molecule has 3 unspecified atom stereocenters. The van der Waals surface area contributed by atoms with E-state index in [2.05, 4.69) is 41.5 Å². The second-order valence-corrected chi connectivity index (χ2v) is 10.4. The van der Waals surface area contributed by atoms with Crippen LogP contribution in [0.25, 0.3) is 0 Å². The summed E-state index contributed by atoms with van der Waals surface area (Å²) in [6, 6.07) is 5.08. The lowest BCUT2D eigenvalue weighted by atomic mass is 9.57. The number of esters is 1. The minimum absolute atomic E-state index is 0.141. The monoisotopic (exact) mass is 390 g/mol. The number of benzene rings is 1. The van der Waals surface area contributed by atoms with Crippen molar-refractivity contribution < 1.29 is 24.1 Å². The summed E-state index contributed by atoms with van der Waals surface area (Å²) in [5.41, 5.74) is 0.283. The van der Waals surface area contributed by atoms with Gasteiger partial charge in [-0.1, -0.05) is 41.5 Å². The summed E-state index contributed by atoms with van der Waals surface area (Å²) in [5, 5.41) is 10.8. The molecule has 1 fully saturated rings. The van der Waals surface area contributed by atoms with Gasteiger partial charge in [-0.25, -0.2) is 0 Å². The van der Waals surface area contributed by atoms with Crippen molar-refractivity contribution in [2.24, 2.45) is 28.6 Å². The van der Waals surface area contributed by atoms with Crippen molar-refractivity contribution in [3.8, 4) is 17.2 Å². The molecule has 1 aliphatic carbocycles. The zero-order chi connectivity index (χ0) is 20.7. The third-order valence-electron chi connectivity index (χ3n) is 6.06. The van der Waals surface area contributed by atoms with E-state index in [9.17, 15) is 9.90 Å². The SMILES string of the molecule is CC(C)(C)C(C1CCC(C(=O)Oc2ccc3c(c2)OCO3)C(O)C1)C(C)(C)C. The fourth-order valence-electron chi connectivity index (χ4n) is 5.60. The van der Waals surface area contributed by atoms with Gasteiger partial charge < -0.3 is 19.3 Å². The quantitative estimate of drug-likeness (QED) is 0.593. The highest BCUT2D eigenvalue weighted by Gasteiger charge is 2.45. The third kappa shape index (κ3) is 4.45. The Hall–Kier alpha value is -1.75. The van der Waals surface area contributed by atoms with E-state index in [0.717, 1.165) is 6.42 Å². The molecular weight excluding hydrogens is 356 g/mol. The van der Waals surface area contributed by atoms with Crippen LogP contribution in [0.3, 0.4) is 0 Å². The van der Waals surface area contributed by atoms with Gasteiger partial charge >= 0.3 is 5.97 Å². The maximum absolute atomic E-state index is 12.7. The Morgan fingerprint density at radius 3 is 2.32 bits per heavy atom. The van der Waals surface area contributed by atoms with Gasteiger partial charge in [-0.2, -0.15) is 0 Å². The van der Waals surface area contributed by atoms with Crippen molar-refractivity contribution >= 4 is 5.97 Å². The molecule has 0 spiro atoms. The maximum atomic E-state index is 12.7. The number of rotatable bonds is 3. The van der Waals surface area contributed by atoms with Crippen molar-refractivity contribution in [2.45, 2.75) is 66.9 Å². The van der Waals surface area contributed by atoms with Crippen LogP contribution in [0.15, 0.2) is 18.2 Å². The number of fused-ring (bicyclic) bond motifs is 1. The molecule has 0 saturated heterocycles. The van der Waals surface area contributed by atoms with Crippen LogP contribution in [-0.2, 0) is 4.79 Å². The fourth-order valence-corrected chi connectivity index (χ4v) is 5.60. The molecule has 3 rings (SSSR count). The molecule has 156 valence electrons. The first kappa shape index (κ1) is 21.0. The highest BCUT2D eigenvalue weighted by molar-refractivity contribution is 5.76. The molecule has 1 saturated carbocycles. The predicted molar refractivity (Wildman–Crippen MR) is 107 cm³/mol. The van der Waals surface area contributed by atoms with E-state index in [1.165, 1.54) is 0 Å². The minimum atomic E-state index is -0.674. The van der Waals surface area contributed by atoms with Gasteiger partial charge in [-0.15, -0.1) is 0 Å². The first-order chi connectivity index (χ1) is 13.0. The van der Waals surface area contributed by atoms with Crippen molar-refractivity contribution in [1.82, 2.24) is 0 Å². The Morgan fingerprint density at radius 1 is 1.07 bits per heavy atom. The summed E-state index contributed by atoms with van der Waals surface area (Å²) < 4.78 is 16.2. The van der Waals surface area contributed by atoms with Gasteiger partial charge in [0.15, 0.2) is 11.5 Å². The van der Waals surface area contributed by atoms with Gasteiger partial charge in [0.1, 0.15) is 5.75 Å². The molecule has 1 N–H and O–H groups in total. The molecule has 1 aliphatic heterocycles. The normalized spacial score (nSPS) is 25.1. The summed E-state index contributed by atoms with van der Waals surface area (Å²) in [5.74, 6) is 1.65. The van der Waals surface area contributed by atoms with Crippen LogP contribution in [0.4, 0.5) is 0 Å². The lowest BCUT2D eigenvalue weighted by molar-refractivity contribution is -0.146. The summed E-state index contributed by atoms with van der Waals surface area (Å²) in [7, 11) is 0. The molecule has 5 heteroatoms. The molecular formula is C23H34O5. The van der Waals surface area contributed by atoms with Gasteiger partial charge in [0.25, 0.3) is 0 Å². The summed E-state index contributed by atoms with van der Waals surface area (Å²) >= 11 is 0. The molecule has 28 heavy (non-hydrogen) atoms. The summed E-state index contributed by atoms with van der Waals surface area (Å²) in [6.45, 7) is 13.8. The molecule has 5 nitrogen and oxygen atoms in total. The average Bonchev–Trinajstić information content (AvgIpc) is 2.99. The van der Waals surface area contributed by atoms with E-state index in [1.54, 1.807) is 18.2 Å². The zero-order valence-corrected chi connectivity index (χ0v) is 18.0. The van der Waals surface area contributed by atoms with E-state index < -0.39 is 12.0 Å². The summed E-state index contributed by atoms with van der Waals surface area (Å²) in [4.78, 5) is 12.7. The van der Waals surface area contributed by atoms with Crippen LogP contribution in [0.5, 0.6) is 17.2 Å². The highest BCUT2D eigenvalue weighted by Crippen LogP contribution is 2.50. The smallest absolute Gasteiger partial charge is 0.316 e. The maximum Gasteiger partial charge on any atom is 0.316 e. The lowest BCUT2D eigenvalue weighted by Crippen LogP contribution is -2.45. The number of aliphatic hydroxyl groups excluding tert-OH is 1. The van der Waals surface area contributed by atoms with Crippen LogP contribution in [0, 0.1) is 28.6 Å². The van der Waals surface area contributed by atoms with Crippen molar-refractivity contribution in [1.29, 1.82) is 0 Å². The Kier molecular flexibility index (Phi) is 5.68. The van der Waals surface area contributed by atoms with E-state index in [1.807, 2.05) is 0 Å². The topological polar surface area (TPSA) is 65.0 Å². The number of carbonyl (C=O) groups excluding carboxylic acids is 1. The standard InChI is InChI=1S/C23H34O5/c1-22(2,3)20(23(4,5)6)14-7-9-16(17(24)11-14)21(25)28-15-8-10-18-19(12-15)27-13-26-18/h8,10,12,14,16-17,20,24H,7,9,11,13H2,1-6H3. The molecule has 1 heterocycles. The Bertz CT molecular complexity index is 699. The molecule has 0 amide bonds. The van der Waals surface area contributed by atoms with Crippen LogP contribution < -0.4 is 14.2 Å². The molecule has 1 aromatic carbocycles. The first-order valence-electron chi connectivity index (χ1n) is 10.3. The van der Waals surface area contributed by atoms with Crippen LogP contribution in [0.2, 0.25) is 0 Å². The van der Waals surface area contributed by atoms with Gasteiger partial charge in [0.05, 0.1) is 12.0 Å². The summed E-state index contributed by atoms with van der Waals surface area (Å²) in [6.07, 6.45) is 1.54. The molecule has 2 aliphatic rings. The van der Waals surface area contributed by atoms with Crippen molar-refractivity contribution in [3.63, 3.8) is 0 Å². The predicted octanol–water partition coefficient (Wildman–Crippen LogP) is 4.81. The second kappa shape index (κ2) is 7.58. The van der Waals surface area contributed by atoms with Crippen LogP contribution >= 0.6 is 0 Å². The van der Waals surface area contributed by atoms with Crippen LogP contribution in [-0.4, -0.2) is 24.0 Å². The molecule has 1 aromatic rings.